The van der Waals surface area contributed by atoms with E-state index in [0.717, 1.165) is 0 Å². The van der Waals surface area contributed by atoms with E-state index >= 15 is 0 Å². The summed E-state index contributed by atoms with van der Waals surface area (Å²) < 4.78 is 5.35. The Morgan fingerprint density at radius 3 is 2.60 bits per heavy atom. The van der Waals surface area contributed by atoms with Crippen molar-refractivity contribution in [2.75, 3.05) is 6.61 Å². The molecule has 0 amide bonds. The Morgan fingerprint density at radius 1 is 1.10 bits per heavy atom. The van der Waals surface area contributed by atoms with E-state index in [1.54, 1.807) is 36.4 Å². The summed E-state index contributed by atoms with van der Waals surface area (Å²) in [4.78, 5) is 22.6. The number of halogens is 2. The molecular formula is C15H10Cl2O3. The van der Waals surface area contributed by atoms with Gasteiger partial charge in [0.1, 0.15) is 12.0 Å². The van der Waals surface area contributed by atoms with Crippen molar-refractivity contribution < 1.29 is 14.3 Å². The molecule has 0 fully saturated rings. The van der Waals surface area contributed by atoms with Gasteiger partial charge >= 0.3 is 0 Å². The fourth-order valence-electron chi connectivity index (χ4n) is 1.58. The zero-order chi connectivity index (χ0) is 14.5. The minimum absolute atomic E-state index is 0.139. The SMILES string of the molecule is O=Cc1cccc(OCC(=O)c2ccc(Cl)c(Cl)c2)c1. The highest BCUT2D eigenvalue weighted by Crippen LogP contribution is 2.23. The third-order valence-electron chi connectivity index (χ3n) is 2.61. The number of carbonyl (C=O) groups excluding carboxylic acids is 2. The van der Waals surface area contributed by atoms with Crippen LogP contribution in [0.2, 0.25) is 10.0 Å². The molecule has 3 nitrogen and oxygen atoms in total. The largest absolute Gasteiger partial charge is 0.485 e. The van der Waals surface area contributed by atoms with E-state index in [1.165, 1.54) is 6.07 Å². The molecule has 0 spiro atoms. The summed E-state index contributed by atoms with van der Waals surface area (Å²) >= 11 is 11.6. The van der Waals surface area contributed by atoms with Gasteiger partial charge in [0.25, 0.3) is 0 Å². The number of ether oxygens (including phenoxy) is 1. The summed E-state index contributed by atoms with van der Waals surface area (Å²) in [6.07, 6.45) is 0.716. The maximum absolute atomic E-state index is 11.9. The van der Waals surface area contributed by atoms with E-state index in [2.05, 4.69) is 0 Å². The number of benzene rings is 2. The Hall–Kier alpha value is -1.84. The van der Waals surface area contributed by atoms with Crippen LogP contribution in [0.3, 0.4) is 0 Å². The first-order valence-electron chi connectivity index (χ1n) is 5.76. The van der Waals surface area contributed by atoms with Gasteiger partial charge in [-0.3, -0.25) is 9.59 Å². The number of Topliss-reactive ketones (excluding diaryl/α,β-unsaturated/α-hetero) is 1. The number of carbonyl (C=O) groups is 2. The highest BCUT2D eigenvalue weighted by Gasteiger charge is 2.09. The molecule has 0 aliphatic rings. The van der Waals surface area contributed by atoms with Crippen molar-refractivity contribution in [1.82, 2.24) is 0 Å². The predicted octanol–water partition coefficient (Wildman–Crippen LogP) is 4.07. The minimum atomic E-state index is -0.222. The maximum Gasteiger partial charge on any atom is 0.200 e. The number of rotatable bonds is 5. The molecule has 0 bridgehead atoms. The molecule has 0 aliphatic carbocycles. The van der Waals surface area contributed by atoms with Gasteiger partial charge < -0.3 is 4.74 Å². The van der Waals surface area contributed by atoms with Crippen molar-refractivity contribution in [2.24, 2.45) is 0 Å². The third-order valence-corrected chi connectivity index (χ3v) is 3.34. The summed E-state index contributed by atoms with van der Waals surface area (Å²) in [5.41, 5.74) is 0.912. The summed E-state index contributed by atoms with van der Waals surface area (Å²) in [6.45, 7) is -0.139. The van der Waals surface area contributed by atoms with Crippen molar-refractivity contribution in [1.29, 1.82) is 0 Å². The smallest absolute Gasteiger partial charge is 0.200 e. The normalized spacial score (nSPS) is 10.1. The van der Waals surface area contributed by atoms with Crippen LogP contribution < -0.4 is 4.74 Å². The van der Waals surface area contributed by atoms with Gasteiger partial charge in [-0.1, -0.05) is 35.3 Å². The second kappa shape index (κ2) is 6.55. The Kier molecular flexibility index (Phi) is 4.77. The molecule has 0 heterocycles. The summed E-state index contributed by atoms with van der Waals surface area (Å²) in [5.74, 6) is 0.239. The first-order valence-corrected chi connectivity index (χ1v) is 6.52. The summed E-state index contributed by atoms with van der Waals surface area (Å²) in [6, 6.07) is 11.2. The molecule has 0 unspecified atom stereocenters. The van der Waals surface area contributed by atoms with Crippen molar-refractivity contribution in [3.05, 3.63) is 63.6 Å². The predicted molar refractivity (Wildman–Crippen MR) is 78.1 cm³/mol. The molecule has 5 heteroatoms. The zero-order valence-electron chi connectivity index (χ0n) is 10.3. The maximum atomic E-state index is 11.9. The van der Waals surface area contributed by atoms with Crippen LogP contribution in [0.1, 0.15) is 20.7 Å². The molecule has 2 aromatic rings. The molecule has 20 heavy (non-hydrogen) atoms. The molecular weight excluding hydrogens is 299 g/mol. The van der Waals surface area contributed by atoms with E-state index in [1.807, 2.05) is 0 Å². The molecule has 2 rings (SSSR count). The number of hydrogen-bond acceptors (Lipinski definition) is 3. The summed E-state index contributed by atoms with van der Waals surface area (Å²) in [5, 5.41) is 0.711. The first-order chi connectivity index (χ1) is 9.60. The monoisotopic (exact) mass is 308 g/mol. The Labute approximate surface area is 126 Å². The number of ketones is 1. The fourth-order valence-corrected chi connectivity index (χ4v) is 1.88. The van der Waals surface area contributed by atoms with Crippen LogP contribution in [0.15, 0.2) is 42.5 Å². The Bertz CT molecular complexity index is 653. The van der Waals surface area contributed by atoms with E-state index in [0.29, 0.717) is 33.2 Å². The van der Waals surface area contributed by atoms with Crippen LogP contribution in [-0.4, -0.2) is 18.7 Å². The second-order valence-corrected chi connectivity index (χ2v) is 4.85. The van der Waals surface area contributed by atoms with Gasteiger partial charge in [0.05, 0.1) is 10.0 Å². The zero-order valence-corrected chi connectivity index (χ0v) is 11.8. The van der Waals surface area contributed by atoms with E-state index in [4.69, 9.17) is 27.9 Å². The molecule has 0 aromatic heterocycles. The van der Waals surface area contributed by atoms with Crippen molar-refractivity contribution in [2.45, 2.75) is 0 Å². The van der Waals surface area contributed by atoms with Gasteiger partial charge in [0.15, 0.2) is 12.4 Å². The average Bonchev–Trinajstić information content (AvgIpc) is 2.47. The Balaban J connectivity index is 2.04. The van der Waals surface area contributed by atoms with Crippen molar-refractivity contribution >= 4 is 35.3 Å². The standard InChI is InChI=1S/C15H10Cl2O3/c16-13-5-4-11(7-14(13)17)15(19)9-20-12-3-1-2-10(6-12)8-18/h1-8H,9H2. The van der Waals surface area contributed by atoms with Gasteiger partial charge in [-0.15, -0.1) is 0 Å². The third kappa shape index (κ3) is 3.59. The van der Waals surface area contributed by atoms with Crippen LogP contribution in [0, 0.1) is 0 Å². The lowest BCUT2D eigenvalue weighted by molar-refractivity contribution is 0.0921. The first kappa shape index (κ1) is 14.6. The number of aldehydes is 1. The van der Waals surface area contributed by atoms with Crippen LogP contribution in [0.4, 0.5) is 0 Å². The molecule has 0 aliphatic heterocycles. The lowest BCUT2D eigenvalue weighted by Crippen LogP contribution is -2.11. The van der Waals surface area contributed by atoms with Crippen LogP contribution in [-0.2, 0) is 0 Å². The molecule has 0 atom stereocenters. The molecule has 0 radical (unpaired) electrons. The topological polar surface area (TPSA) is 43.4 Å². The average molecular weight is 309 g/mol. The number of hydrogen-bond donors (Lipinski definition) is 0. The van der Waals surface area contributed by atoms with Crippen molar-refractivity contribution in [3.8, 4) is 5.75 Å². The highest BCUT2D eigenvalue weighted by atomic mass is 35.5. The van der Waals surface area contributed by atoms with Crippen LogP contribution in [0.5, 0.6) is 5.75 Å². The van der Waals surface area contributed by atoms with Gasteiger partial charge in [-0.25, -0.2) is 0 Å². The van der Waals surface area contributed by atoms with E-state index in [9.17, 15) is 9.59 Å². The Morgan fingerprint density at radius 2 is 1.90 bits per heavy atom. The van der Waals surface area contributed by atoms with Crippen LogP contribution >= 0.6 is 23.2 Å². The van der Waals surface area contributed by atoms with Crippen LogP contribution in [0.25, 0.3) is 0 Å². The van der Waals surface area contributed by atoms with Gasteiger partial charge in [0.2, 0.25) is 0 Å². The van der Waals surface area contributed by atoms with Gasteiger partial charge in [0, 0.05) is 11.1 Å². The molecule has 0 saturated carbocycles. The summed E-state index contributed by atoms with van der Waals surface area (Å²) in [7, 11) is 0. The molecule has 2 aromatic carbocycles. The van der Waals surface area contributed by atoms with E-state index in [-0.39, 0.29) is 12.4 Å². The lowest BCUT2D eigenvalue weighted by atomic mass is 10.1. The molecule has 102 valence electrons. The minimum Gasteiger partial charge on any atom is -0.485 e. The lowest BCUT2D eigenvalue weighted by Gasteiger charge is -2.06. The van der Waals surface area contributed by atoms with E-state index < -0.39 is 0 Å². The molecule has 0 N–H and O–H groups in total. The highest BCUT2D eigenvalue weighted by molar-refractivity contribution is 6.42. The molecule has 0 saturated heterocycles. The second-order valence-electron chi connectivity index (χ2n) is 4.03. The quantitative estimate of drug-likeness (QED) is 0.618. The fraction of sp³-hybridized carbons (Fsp3) is 0.0667. The van der Waals surface area contributed by atoms with Crippen molar-refractivity contribution in [3.63, 3.8) is 0 Å². The van der Waals surface area contributed by atoms with Gasteiger partial charge in [-0.2, -0.15) is 0 Å². The van der Waals surface area contributed by atoms with Gasteiger partial charge in [-0.05, 0) is 30.3 Å².